The van der Waals surface area contributed by atoms with Crippen LogP contribution >= 0.6 is 0 Å². The molecule has 3 nitrogen and oxygen atoms in total. The van der Waals surface area contributed by atoms with Gasteiger partial charge in [-0.1, -0.05) is 19.1 Å². The van der Waals surface area contributed by atoms with Crippen molar-refractivity contribution in [2.45, 2.75) is 45.1 Å². The van der Waals surface area contributed by atoms with Gasteiger partial charge in [-0.2, -0.15) is 5.10 Å². The van der Waals surface area contributed by atoms with Gasteiger partial charge in [-0.25, -0.2) is 4.68 Å². The maximum atomic E-state index is 4.70. The first kappa shape index (κ1) is 13.4. The molecule has 1 unspecified atom stereocenters. The van der Waals surface area contributed by atoms with Crippen LogP contribution in [0, 0.1) is 0 Å². The molecule has 1 aromatic heterocycles. The van der Waals surface area contributed by atoms with E-state index in [9.17, 15) is 0 Å². The normalized spacial score (nSPS) is 16.3. The first-order valence-corrected chi connectivity index (χ1v) is 7.67. The van der Waals surface area contributed by atoms with Crippen LogP contribution in [0.5, 0.6) is 0 Å². The lowest BCUT2D eigenvalue weighted by molar-refractivity contribution is 0.570. The molecule has 0 bridgehead atoms. The lowest BCUT2D eigenvalue weighted by atomic mass is 10.1. The Morgan fingerprint density at radius 2 is 2.20 bits per heavy atom. The topological polar surface area (TPSA) is 29.9 Å². The van der Waals surface area contributed by atoms with Gasteiger partial charge in [-0.3, -0.25) is 0 Å². The molecule has 0 aliphatic heterocycles. The zero-order chi connectivity index (χ0) is 13.9. The van der Waals surface area contributed by atoms with Crippen molar-refractivity contribution in [1.29, 1.82) is 0 Å². The van der Waals surface area contributed by atoms with Crippen molar-refractivity contribution in [2.24, 2.45) is 0 Å². The summed E-state index contributed by atoms with van der Waals surface area (Å²) < 4.78 is 2.00. The van der Waals surface area contributed by atoms with Crippen LogP contribution in [0.2, 0.25) is 0 Å². The third-order valence-corrected chi connectivity index (χ3v) is 3.94. The molecular weight excluding hydrogens is 246 g/mol. The van der Waals surface area contributed by atoms with Gasteiger partial charge in [0.05, 0.1) is 11.4 Å². The highest BCUT2D eigenvalue weighted by Gasteiger charge is 2.25. The molecule has 0 spiro atoms. The van der Waals surface area contributed by atoms with E-state index in [1.54, 1.807) is 0 Å². The number of hydrogen-bond donors (Lipinski definition) is 1. The van der Waals surface area contributed by atoms with Gasteiger partial charge in [0, 0.05) is 18.2 Å². The largest absolute Gasteiger partial charge is 0.310 e. The zero-order valence-corrected chi connectivity index (χ0v) is 12.3. The van der Waals surface area contributed by atoms with Gasteiger partial charge < -0.3 is 5.32 Å². The summed E-state index contributed by atoms with van der Waals surface area (Å²) in [7, 11) is 0. The first-order valence-electron chi connectivity index (χ1n) is 7.67. The summed E-state index contributed by atoms with van der Waals surface area (Å²) in [6.45, 7) is 5.46. The predicted molar refractivity (Wildman–Crippen MR) is 82.2 cm³/mol. The fraction of sp³-hybridized carbons (Fsp3) is 0.471. The molecule has 0 radical (unpaired) electrons. The number of benzene rings is 1. The zero-order valence-electron chi connectivity index (χ0n) is 12.3. The van der Waals surface area contributed by atoms with E-state index in [1.807, 2.05) is 4.68 Å². The van der Waals surface area contributed by atoms with Crippen LogP contribution in [0.4, 0.5) is 0 Å². The van der Waals surface area contributed by atoms with Crippen LogP contribution in [0.3, 0.4) is 0 Å². The van der Waals surface area contributed by atoms with E-state index in [1.165, 1.54) is 24.1 Å². The summed E-state index contributed by atoms with van der Waals surface area (Å²) in [6, 6.07) is 11.2. The lowest BCUT2D eigenvalue weighted by Gasteiger charge is -2.14. The van der Waals surface area contributed by atoms with Crippen molar-refractivity contribution >= 4 is 0 Å². The minimum absolute atomic E-state index is 0.383. The summed E-state index contributed by atoms with van der Waals surface area (Å²) in [5.74, 6) is 0.713. The molecule has 2 aromatic rings. The van der Waals surface area contributed by atoms with Gasteiger partial charge in [0.1, 0.15) is 0 Å². The molecule has 106 valence electrons. The summed E-state index contributed by atoms with van der Waals surface area (Å²) in [6.07, 6.45) is 5.84. The third-order valence-electron chi connectivity index (χ3n) is 3.94. The number of rotatable bonds is 6. The van der Waals surface area contributed by atoms with Crippen molar-refractivity contribution in [3.63, 3.8) is 0 Å². The van der Waals surface area contributed by atoms with E-state index in [0.29, 0.717) is 12.0 Å². The highest BCUT2D eigenvalue weighted by atomic mass is 15.3. The van der Waals surface area contributed by atoms with E-state index in [0.717, 1.165) is 18.7 Å². The van der Waals surface area contributed by atoms with Crippen LogP contribution in [-0.4, -0.2) is 16.3 Å². The first-order chi connectivity index (χ1) is 9.78. The monoisotopic (exact) mass is 269 g/mol. The molecule has 3 rings (SSSR count). The Hall–Kier alpha value is -1.61. The molecular formula is C17H23N3. The molecule has 0 saturated heterocycles. The maximum Gasteiger partial charge on any atom is 0.0659 e. The fourth-order valence-corrected chi connectivity index (χ4v) is 2.49. The Labute approximate surface area is 121 Å². The molecule has 1 fully saturated rings. The smallest absolute Gasteiger partial charge is 0.0659 e. The summed E-state index contributed by atoms with van der Waals surface area (Å²) in [4.78, 5) is 0. The number of nitrogens with one attached hydrogen (secondary N) is 1. The van der Waals surface area contributed by atoms with Gasteiger partial charge in [-0.05, 0) is 56.5 Å². The second-order valence-electron chi connectivity index (χ2n) is 5.73. The van der Waals surface area contributed by atoms with E-state index in [-0.39, 0.29) is 0 Å². The molecule has 20 heavy (non-hydrogen) atoms. The van der Waals surface area contributed by atoms with Crippen LogP contribution in [0.15, 0.2) is 36.5 Å². The Kier molecular flexibility index (Phi) is 3.88. The number of aromatic nitrogens is 2. The van der Waals surface area contributed by atoms with Gasteiger partial charge in [-0.15, -0.1) is 0 Å². The predicted octanol–water partition coefficient (Wildman–Crippen LogP) is 3.81. The Morgan fingerprint density at radius 1 is 1.35 bits per heavy atom. The Balaban J connectivity index is 1.78. The second-order valence-corrected chi connectivity index (χ2v) is 5.73. The Morgan fingerprint density at radius 3 is 2.95 bits per heavy atom. The number of hydrogen-bond acceptors (Lipinski definition) is 2. The standard InChI is InChI=1S/C17H23N3/c1-3-10-18-13(2)15-5-4-6-16(12-15)20-11-9-17(19-20)14-7-8-14/h4-6,9,11-14,18H,3,7-8,10H2,1-2H3. The molecule has 1 aromatic carbocycles. The van der Waals surface area contributed by atoms with Gasteiger partial charge >= 0.3 is 0 Å². The molecule has 1 heterocycles. The molecule has 1 saturated carbocycles. The molecule has 1 aliphatic rings. The molecule has 1 aliphatic carbocycles. The minimum atomic E-state index is 0.383. The lowest BCUT2D eigenvalue weighted by Crippen LogP contribution is -2.19. The van der Waals surface area contributed by atoms with Gasteiger partial charge in [0.25, 0.3) is 0 Å². The van der Waals surface area contributed by atoms with Crippen molar-refractivity contribution in [3.05, 3.63) is 47.8 Å². The fourth-order valence-electron chi connectivity index (χ4n) is 2.49. The minimum Gasteiger partial charge on any atom is -0.310 e. The molecule has 1 atom stereocenters. The van der Waals surface area contributed by atoms with Crippen molar-refractivity contribution < 1.29 is 0 Å². The number of nitrogens with zero attached hydrogens (tertiary/aromatic N) is 2. The summed E-state index contributed by atoms with van der Waals surface area (Å²) in [5.41, 5.74) is 3.71. The Bertz CT molecular complexity index is 569. The van der Waals surface area contributed by atoms with Crippen LogP contribution in [0.25, 0.3) is 5.69 Å². The van der Waals surface area contributed by atoms with E-state index in [2.05, 4.69) is 55.7 Å². The van der Waals surface area contributed by atoms with Crippen LogP contribution in [0.1, 0.15) is 56.3 Å². The summed E-state index contributed by atoms with van der Waals surface area (Å²) >= 11 is 0. The van der Waals surface area contributed by atoms with Gasteiger partial charge in [0.15, 0.2) is 0 Å². The second kappa shape index (κ2) is 5.80. The van der Waals surface area contributed by atoms with Crippen LogP contribution < -0.4 is 5.32 Å². The molecule has 1 N–H and O–H groups in total. The SMILES string of the molecule is CCCNC(C)c1cccc(-n2ccc(C3CC3)n2)c1. The van der Waals surface area contributed by atoms with E-state index in [4.69, 9.17) is 5.10 Å². The van der Waals surface area contributed by atoms with Crippen molar-refractivity contribution in [3.8, 4) is 5.69 Å². The average molecular weight is 269 g/mol. The summed E-state index contributed by atoms with van der Waals surface area (Å²) in [5, 5.41) is 8.23. The van der Waals surface area contributed by atoms with Crippen LogP contribution in [-0.2, 0) is 0 Å². The van der Waals surface area contributed by atoms with E-state index >= 15 is 0 Å². The highest BCUT2D eigenvalue weighted by Crippen LogP contribution is 2.39. The molecule has 0 amide bonds. The highest BCUT2D eigenvalue weighted by molar-refractivity contribution is 5.37. The maximum absolute atomic E-state index is 4.70. The van der Waals surface area contributed by atoms with E-state index < -0.39 is 0 Å². The average Bonchev–Trinajstić information content (AvgIpc) is 3.22. The molecule has 3 heteroatoms. The van der Waals surface area contributed by atoms with Crippen molar-refractivity contribution in [2.75, 3.05) is 6.54 Å². The van der Waals surface area contributed by atoms with Crippen molar-refractivity contribution in [1.82, 2.24) is 15.1 Å². The van der Waals surface area contributed by atoms with Gasteiger partial charge in [0.2, 0.25) is 0 Å². The quantitative estimate of drug-likeness (QED) is 0.864. The third kappa shape index (κ3) is 2.93.